The lowest BCUT2D eigenvalue weighted by Crippen LogP contribution is -2.15. The van der Waals surface area contributed by atoms with Crippen molar-refractivity contribution in [3.8, 4) is 5.75 Å². The Kier molecular flexibility index (Phi) is 7.45. The molecule has 0 atom stereocenters. The molecule has 0 saturated heterocycles. The van der Waals surface area contributed by atoms with Crippen molar-refractivity contribution in [2.24, 2.45) is 0 Å². The lowest BCUT2D eigenvalue weighted by atomic mass is 10.1. The van der Waals surface area contributed by atoms with Crippen LogP contribution in [-0.2, 0) is 17.8 Å². The Bertz CT molecular complexity index is 1060. The highest BCUT2D eigenvalue weighted by Crippen LogP contribution is 2.21. The Labute approximate surface area is 184 Å². The minimum absolute atomic E-state index is 0.137. The average molecular weight is 439 g/mol. The zero-order valence-electron chi connectivity index (χ0n) is 16.9. The SMILES string of the molecule is C=CCn1c(Cc2ccc(OC)cc2)nnc1SCC(=O)Nc1ccc(C(=O)O)cc1. The van der Waals surface area contributed by atoms with E-state index in [-0.39, 0.29) is 17.2 Å². The topological polar surface area (TPSA) is 106 Å². The monoisotopic (exact) mass is 438 g/mol. The Balaban J connectivity index is 1.63. The number of nitrogens with zero attached hydrogens (tertiary/aromatic N) is 3. The summed E-state index contributed by atoms with van der Waals surface area (Å²) in [4.78, 5) is 23.2. The molecule has 31 heavy (non-hydrogen) atoms. The van der Waals surface area contributed by atoms with Gasteiger partial charge in [0.15, 0.2) is 5.16 Å². The molecule has 3 aromatic rings. The number of rotatable bonds is 10. The van der Waals surface area contributed by atoms with Crippen LogP contribution in [0.3, 0.4) is 0 Å². The van der Waals surface area contributed by atoms with Crippen LogP contribution in [0, 0.1) is 0 Å². The van der Waals surface area contributed by atoms with Gasteiger partial charge in [-0.3, -0.25) is 4.79 Å². The number of amides is 1. The highest BCUT2D eigenvalue weighted by molar-refractivity contribution is 7.99. The molecule has 0 bridgehead atoms. The summed E-state index contributed by atoms with van der Waals surface area (Å²) in [6, 6.07) is 13.7. The summed E-state index contributed by atoms with van der Waals surface area (Å²) in [5.74, 6) is 0.463. The van der Waals surface area contributed by atoms with Gasteiger partial charge in [-0.2, -0.15) is 0 Å². The maximum atomic E-state index is 12.3. The molecule has 2 aromatic carbocycles. The van der Waals surface area contributed by atoms with Gasteiger partial charge in [0.05, 0.1) is 18.4 Å². The number of allylic oxidation sites excluding steroid dienone is 1. The molecule has 160 valence electrons. The standard InChI is InChI=1S/C22H22N4O4S/c1-3-12-26-19(13-15-4-10-18(30-2)11-5-15)24-25-22(26)31-14-20(27)23-17-8-6-16(7-9-17)21(28)29/h3-11H,1,12-14H2,2H3,(H,23,27)(H,28,29). The number of benzene rings is 2. The smallest absolute Gasteiger partial charge is 0.335 e. The molecule has 9 heteroatoms. The van der Waals surface area contributed by atoms with Crippen molar-refractivity contribution in [2.75, 3.05) is 18.2 Å². The Morgan fingerprint density at radius 1 is 1.16 bits per heavy atom. The van der Waals surface area contributed by atoms with Crippen LogP contribution in [0.5, 0.6) is 5.75 Å². The van der Waals surface area contributed by atoms with E-state index >= 15 is 0 Å². The fourth-order valence-electron chi connectivity index (χ4n) is 2.82. The zero-order chi connectivity index (χ0) is 22.2. The second kappa shape index (κ2) is 10.4. The van der Waals surface area contributed by atoms with Gasteiger partial charge in [-0.1, -0.05) is 30.0 Å². The van der Waals surface area contributed by atoms with Gasteiger partial charge >= 0.3 is 5.97 Å². The van der Waals surface area contributed by atoms with E-state index in [1.807, 2.05) is 28.8 Å². The van der Waals surface area contributed by atoms with Crippen LogP contribution in [0.15, 0.2) is 66.3 Å². The molecule has 1 heterocycles. The third-order valence-corrected chi connectivity index (χ3v) is 5.34. The van der Waals surface area contributed by atoms with Crippen LogP contribution in [0.1, 0.15) is 21.7 Å². The summed E-state index contributed by atoms with van der Waals surface area (Å²) in [6.07, 6.45) is 2.35. The molecular formula is C22H22N4O4S. The van der Waals surface area contributed by atoms with Gasteiger partial charge in [-0.05, 0) is 42.0 Å². The first-order chi connectivity index (χ1) is 15.0. The molecule has 0 aliphatic heterocycles. The lowest BCUT2D eigenvalue weighted by Gasteiger charge is -2.09. The Morgan fingerprint density at radius 2 is 1.87 bits per heavy atom. The van der Waals surface area contributed by atoms with Crippen molar-refractivity contribution in [2.45, 2.75) is 18.1 Å². The molecule has 0 fully saturated rings. The second-order valence-electron chi connectivity index (χ2n) is 6.54. The van der Waals surface area contributed by atoms with E-state index in [9.17, 15) is 9.59 Å². The summed E-state index contributed by atoms with van der Waals surface area (Å²) in [5, 5.41) is 20.8. The van der Waals surface area contributed by atoms with Crippen molar-refractivity contribution < 1.29 is 19.4 Å². The molecule has 0 unspecified atom stereocenters. The number of hydrogen-bond donors (Lipinski definition) is 2. The zero-order valence-corrected chi connectivity index (χ0v) is 17.8. The Hall–Kier alpha value is -3.59. The molecule has 1 amide bonds. The first-order valence-electron chi connectivity index (χ1n) is 9.42. The van der Waals surface area contributed by atoms with Crippen LogP contribution < -0.4 is 10.1 Å². The second-order valence-corrected chi connectivity index (χ2v) is 7.48. The van der Waals surface area contributed by atoms with Crippen LogP contribution in [0.4, 0.5) is 5.69 Å². The van der Waals surface area contributed by atoms with Crippen molar-refractivity contribution >= 4 is 29.3 Å². The van der Waals surface area contributed by atoms with Crippen molar-refractivity contribution in [3.63, 3.8) is 0 Å². The maximum Gasteiger partial charge on any atom is 0.335 e. The molecular weight excluding hydrogens is 416 g/mol. The molecule has 2 N–H and O–H groups in total. The molecule has 0 radical (unpaired) electrons. The number of ether oxygens (including phenoxy) is 1. The summed E-state index contributed by atoms with van der Waals surface area (Å²) >= 11 is 1.28. The minimum Gasteiger partial charge on any atom is -0.497 e. The number of hydrogen-bond acceptors (Lipinski definition) is 6. The van der Waals surface area contributed by atoms with Crippen molar-refractivity contribution in [3.05, 3.63) is 78.1 Å². The molecule has 0 aliphatic carbocycles. The molecule has 1 aromatic heterocycles. The molecule has 0 spiro atoms. The molecule has 0 aliphatic rings. The number of carboxylic acid groups (broad SMARTS) is 1. The van der Waals surface area contributed by atoms with Gasteiger partial charge in [0.1, 0.15) is 11.6 Å². The van der Waals surface area contributed by atoms with Gasteiger partial charge in [-0.25, -0.2) is 4.79 Å². The van der Waals surface area contributed by atoms with Gasteiger partial charge in [0, 0.05) is 18.7 Å². The summed E-state index contributed by atoms with van der Waals surface area (Å²) in [6.45, 7) is 4.32. The molecule has 3 rings (SSSR count). The number of thioether (sulfide) groups is 1. The number of aromatic nitrogens is 3. The van der Waals surface area contributed by atoms with Crippen LogP contribution in [-0.4, -0.2) is 44.6 Å². The quantitative estimate of drug-likeness (QED) is 0.369. The Morgan fingerprint density at radius 3 is 2.48 bits per heavy atom. The molecule has 0 saturated carbocycles. The highest BCUT2D eigenvalue weighted by Gasteiger charge is 2.14. The summed E-state index contributed by atoms with van der Waals surface area (Å²) in [5.41, 5.74) is 1.76. The highest BCUT2D eigenvalue weighted by atomic mass is 32.2. The van der Waals surface area contributed by atoms with Crippen LogP contribution in [0.2, 0.25) is 0 Å². The fraction of sp³-hybridized carbons (Fsp3) is 0.182. The number of carbonyl (C=O) groups is 2. The summed E-state index contributed by atoms with van der Waals surface area (Å²) < 4.78 is 7.11. The summed E-state index contributed by atoms with van der Waals surface area (Å²) in [7, 11) is 1.63. The average Bonchev–Trinajstić information content (AvgIpc) is 3.14. The number of aromatic carboxylic acids is 1. The first-order valence-corrected chi connectivity index (χ1v) is 10.4. The predicted octanol–water partition coefficient (Wildman–Crippen LogP) is 3.49. The number of nitrogens with one attached hydrogen (secondary N) is 1. The predicted molar refractivity (Wildman–Crippen MR) is 119 cm³/mol. The van der Waals surface area contributed by atoms with Gasteiger partial charge in [0.25, 0.3) is 0 Å². The van der Waals surface area contributed by atoms with Gasteiger partial charge in [0.2, 0.25) is 5.91 Å². The van der Waals surface area contributed by atoms with E-state index in [0.29, 0.717) is 23.8 Å². The van der Waals surface area contributed by atoms with Gasteiger partial charge < -0.3 is 19.7 Å². The number of methoxy groups -OCH3 is 1. The van der Waals surface area contributed by atoms with Crippen LogP contribution in [0.25, 0.3) is 0 Å². The molecule has 8 nitrogen and oxygen atoms in total. The lowest BCUT2D eigenvalue weighted by molar-refractivity contribution is -0.113. The number of carboxylic acids is 1. The normalized spacial score (nSPS) is 10.5. The maximum absolute atomic E-state index is 12.3. The first kappa shape index (κ1) is 22.1. The fourth-order valence-corrected chi connectivity index (χ4v) is 3.58. The van der Waals surface area contributed by atoms with Gasteiger partial charge in [-0.15, -0.1) is 16.8 Å². The van der Waals surface area contributed by atoms with E-state index in [1.165, 1.54) is 23.9 Å². The minimum atomic E-state index is -1.01. The van der Waals surface area contributed by atoms with E-state index < -0.39 is 5.97 Å². The van der Waals surface area contributed by atoms with E-state index in [4.69, 9.17) is 9.84 Å². The van der Waals surface area contributed by atoms with E-state index in [0.717, 1.165) is 17.1 Å². The van der Waals surface area contributed by atoms with Crippen LogP contribution >= 0.6 is 11.8 Å². The number of anilines is 1. The largest absolute Gasteiger partial charge is 0.497 e. The number of carbonyl (C=O) groups excluding carboxylic acids is 1. The third kappa shape index (κ3) is 5.95. The van der Waals surface area contributed by atoms with Crippen molar-refractivity contribution in [1.82, 2.24) is 14.8 Å². The van der Waals surface area contributed by atoms with Crippen molar-refractivity contribution in [1.29, 1.82) is 0 Å². The van der Waals surface area contributed by atoms with E-state index in [2.05, 4.69) is 22.1 Å². The van der Waals surface area contributed by atoms with E-state index in [1.54, 1.807) is 25.3 Å². The third-order valence-electron chi connectivity index (χ3n) is 4.37.